The summed E-state index contributed by atoms with van der Waals surface area (Å²) in [5, 5.41) is 10.7. The second-order valence-corrected chi connectivity index (χ2v) is 6.29. The Bertz CT molecular complexity index is 886. The Hall–Kier alpha value is -3.01. The summed E-state index contributed by atoms with van der Waals surface area (Å²) in [5.41, 5.74) is -1.59. The molecule has 0 aliphatic carbocycles. The highest BCUT2D eigenvalue weighted by atomic mass is 19.4. The van der Waals surface area contributed by atoms with Crippen molar-refractivity contribution in [2.75, 3.05) is 7.11 Å². The summed E-state index contributed by atoms with van der Waals surface area (Å²) in [7, 11) is 1.09. The van der Waals surface area contributed by atoms with Crippen LogP contribution in [-0.2, 0) is 20.5 Å². The van der Waals surface area contributed by atoms with Gasteiger partial charge in [-0.05, 0) is 31.0 Å². The predicted octanol–water partition coefficient (Wildman–Crippen LogP) is 2.82. The second kappa shape index (κ2) is 8.99. The normalized spacial score (nSPS) is 13.7. The van der Waals surface area contributed by atoms with Gasteiger partial charge < -0.3 is 19.4 Å². The zero-order valence-corrected chi connectivity index (χ0v) is 15.8. The lowest BCUT2D eigenvalue weighted by Crippen LogP contribution is -2.20. The third-order valence-electron chi connectivity index (χ3n) is 3.85. The van der Waals surface area contributed by atoms with Gasteiger partial charge in [-0.25, -0.2) is 0 Å². The highest BCUT2D eigenvalue weighted by molar-refractivity contribution is 5.94. The van der Waals surface area contributed by atoms with E-state index in [4.69, 9.17) is 4.74 Å². The summed E-state index contributed by atoms with van der Waals surface area (Å²) in [6.07, 6.45) is -6.67. The molecule has 0 radical (unpaired) electrons. The van der Waals surface area contributed by atoms with Crippen LogP contribution in [0.1, 0.15) is 48.4 Å². The van der Waals surface area contributed by atoms with E-state index in [0.717, 1.165) is 7.11 Å². The van der Waals surface area contributed by atoms with Crippen LogP contribution in [0.15, 0.2) is 30.3 Å². The SMILES string of the molecule is COC(=O)C(C=O)c1ccccc1C(O)c1cc(C(F)(F)F)nc(OC(C)C)n1. The van der Waals surface area contributed by atoms with Crippen LogP contribution in [0.25, 0.3) is 0 Å². The highest BCUT2D eigenvalue weighted by Crippen LogP contribution is 2.34. The lowest BCUT2D eigenvalue weighted by Gasteiger charge is -2.19. The van der Waals surface area contributed by atoms with Gasteiger partial charge in [0, 0.05) is 0 Å². The number of carbonyl (C=O) groups is 2. The monoisotopic (exact) mass is 412 g/mol. The first-order valence-electron chi connectivity index (χ1n) is 8.51. The largest absolute Gasteiger partial charge is 0.468 e. The van der Waals surface area contributed by atoms with Gasteiger partial charge in [-0.1, -0.05) is 24.3 Å². The summed E-state index contributed by atoms with van der Waals surface area (Å²) in [5.74, 6) is -2.23. The Morgan fingerprint density at radius 2 is 1.79 bits per heavy atom. The van der Waals surface area contributed by atoms with Gasteiger partial charge in [-0.3, -0.25) is 4.79 Å². The molecule has 0 saturated heterocycles. The number of aromatic nitrogens is 2. The summed E-state index contributed by atoms with van der Waals surface area (Å²) < 4.78 is 49.4. The minimum Gasteiger partial charge on any atom is -0.468 e. The van der Waals surface area contributed by atoms with Crippen LogP contribution in [0, 0.1) is 0 Å². The van der Waals surface area contributed by atoms with Crippen LogP contribution in [0.3, 0.4) is 0 Å². The van der Waals surface area contributed by atoms with Crippen LogP contribution in [0.5, 0.6) is 6.01 Å². The molecule has 1 heterocycles. The topological polar surface area (TPSA) is 98.6 Å². The molecule has 0 saturated carbocycles. The fourth-order valence-electron chi connectivity index (χ4n) is 2.58. The fraction of sp³-hybridized carbons (Fsp3) is 0.368. The molecule has 2 aromatic rings. The number of methoxy groups -OCH3 is 1. The lowest BCUT2D eigenvalue weighted by molar-refractivity contribution is -0.144. The van der Waals surface area contributed by atoms with E-state index in [1.165, 1.54) is 24.3 Å². The zero-order valence-electron chi connectivity index (χ0n) is 15.8. The van der Waals surface area contributed by atoms with E-state index < -0.39 is 47.7 Å². The molecular weight excluding hydrogens is 393 g/mol. The van der Waals surface area contributed by atoms with Gasteiger partial charge in [0.15, 0.2) is 5.69 Å². The first kappa shape index (κ1) is 22.3. The van der Waals surface area contributed by atoms with Crippen LogP contribution in [0.2, 0.25) is 0 Å². The van der Waals surface area contributed by atoms with Crippen molar-refractivity contribution >= 4 is 12.3 Å². The lowest BCUT2D eigenvalue weighted by atomic mass is 9.91. The Morgan fingerprint density at radius 1 is 1.17 bits per heavy atom. The average Bonchev–Trinajstić information content (AvgIpc) is 2.66. The van der Waals surface area contributed by atoms with Crippen molar-refractivity contribution in [2.45, 2.75) is 38.1 Å². The van der Waals surface area contributed by atoms with E-state index in [1.807, 2.05) is 0 Å². The van der Waals surface area contributed by atoms with Gasteiger partial charge in [0.1, 0.15) is 18.3 Å². The molecule has 7 nitrogen and oxygen atoms in total. The van der Waals surface area contributed by atoms with E-state index in [2.05, 4.69) is 14.7 Å². The maximum atomic E-state index is 13.2. The second-order valence-electron chi connectivity index (χ2n) is 6.29. The molecule has 0 amide bonds. The molecule has 2 rings (SSSR count). The quantitative estimate of drug-likeness (QED) is 0.424. The summed E-state index contributed by atoms with van der Waals surface area (Å²) in [6, 6.07) is 5.81. The molecule has 1 aromatic carbocycles. The van der Waals surface area contributed by atoms with Crippen LogP contribution < -0.4 is 4.74 Å². The molecule has 0 aliphatic heterocycles. The van der Waals surface area contributed by atoms with E-state index >= 15 is 0 Å². The number of aldehydes is 1. The number of ether oxygens (including phenoxy) is 2. The first-order chi connectivity index (χ1) is 13.6. The van der Waals surface area contributed by atoms with Crippen molar-refractivity contribution in [1.82, 2.24) is 9.97 Å². The summed E-state index contributed by atoms with van der Waals surface area (Å²) >= 11 is 0. The van der Waals surface area contributed by atoms with Crippen molar-refractivity contribution in [2.24, 2.45) is 0 Å². The molecule has 2 unspecified atom stereocenters. The fourth-order valence-corrected chi connectivity index (χ4v) is 2.58. The molecule has 1 aromatic heterocycles. The third-order valence-corrected chi connectivity index (χ3v) is 3.85. The molecule has 0 fully saturated rings. The Balaban J connectivity index is 2.59. The Labute approximate surface area is 164 Å². The summed E-state index contributed by atoms with van der Waals surface area (Å²) in [4.78, 5) is 30.5. The van der Waals surface area contributed by atoms with Gasteiger partial charge in [0.25, 0.3) is 0 Å². The van der Waals surface area contributed by atoms with E-state index in [-0.39, 0.29) is 11.1 Å². The molecule has 0 bridgehead atoms. The smallest absolute Gasteiger partial charge is 0.433 e. The van der Waals surface area contributed by atoms with Gasteiger partial charge in [0.05, 0.1) is 18.9 Å². The van der Waals surface area contributed by atoms with Gasteiger partial charge in [0.2, 0.25) is 0 Å². The number of alkyl halides is 3. The van der Waals surface area contributed by atoms with E-state index in [9.17, 15) is 27.9 Å². The number of rotatable bonds is 7. The number of halogens is 3. The van der Waals surface area contributed by atoms with Gasteiger partial charge in [-0.15, -0.1) is 0 Å². The molecule has 29 heavy (non-hydrogen) atoms. The zero-order chi connectivity index (χ0) is 21.8. The van der Waals surface area contributed by atoms with Crippen molar-refractivity contribution in [3.05, 3.63) is 52.8 Å². The minimum atomic E-state index is -4.80. The Morgan fingerprint density at radius 3 is 2.31 bits per heavy atom. The highest BCUT2D eigenvalue weighted by Gasteiger charge is 2.35. The number of aliphatic hydroxyl groups excluding tert-OH is 1. The minimum absolute atomic E-state index is 0.0253. The molecular formula is C19H19F3N2O5. The number of aliphatic hydroxyl groups is 1. The number of hydrogen-bond acceptors (Lipinski definition) is 7. The molecule has 1 N–H and O–H groups in total. The number of hydrogen-bond donors (Lipinski definition) is 1. The molecule has 0 aliphatic rings. The van der Waals surface area contributed by atoms with Crippen molar-refractivity contribution < 1.29 is 37.3 Å². The maximum Gasteiger partial charge on any atom is 0.433 e. The first-order valence-corrected chi connectivity index (χ1v) is 8.51. The standard InChI is InChI=1S/C19H19F3N2O5/c1-10(2)29-18-23-14(8-15(24-18)19(20,21)22)16(26)12-7-5-4-6-11(12)13(9-25)17(27)28-3/h4-10,13,16,26H,1-3H3. The van der Waals surface area contributed by atoms with Crippen molar-refractivity contribution in [3.8, 4) is 6.01 Å². The number of esters is 1. The molecule has 0 spiro atoms. The van der Waals surface area contributed by atoms with Crippen LogP contribution >= 0.6 is 0 Å². The molecule has 2 atom stereocenters. The van der Waals surface area contributed by atoms with E-state index in [1.54, 1.807) is 13.8 Å². The molecule has 156 valence electrons. The van der Waals surface area contributed by atoms with Gasteiger partial charge >= 0.3 is 18.2 Å². The van der Waals surface area contributed by atoms with Crippen molar-refractivity contribution in [1.29, 1.82) is 0 Å². The van der Waals surface area contributed by atoms with Gasteiger partial charge in [-0.2, -0.15) is 23.1 Å². The maximum absolute atomic E-state index is 13.2. The number of nitrogens with zero attached hydrogens (tertiary/aromatic N) is 2. The Kier molecular flexibility index (Phi) is 6.91. The number of carbonyl (C=O) groups excluding carboxylic acids is 2. The average molecular weight is 412 g/mol. The van der Waals surface area contributed by atoms with Crippen molar-refractivity contribution in [3.63, 3.8) is 0 Å². The van der Waals surface area contributed by atoms with E-state index in [0.29, 0.717) is 12.4 Å². The van der Waals surface area contributed by atoms with Crippen LogP contribution in [0.4, 0.5) is 13.2 Å². The molecule has 10 heteroatoms. The third kappa shape index (κ3) is 5.29. The summed E-state index contributed by atoms with van der Waals surface area (Å²) in [6.45, 7) is 3.17. The number of benzene rings is 1. The predicted molar refractivity (Wildman–Crippen MR) is 94.1 cm³/mol. The van der Waals surface area contributed by atoms with Crippen LogP contribution in [-0.4, -0.2) is 40.5 Å².